The van der Waals surface area contributed by atoms with Gasteiger partial charge in [0.25, 0.3) is 0 Å². The molecular formula is C30H44O4. The molecule has 2 N–H and O–H groups in total. The first-order valence-electron chi connectivity index (χ1n) is 12.9. The molecule has 0 aromatic carbocycles. The molecule has 0 aromatic heterocycles. The van der Waals surface area contributed by atoms with Crippen LogP contribution >= 0.6 is 0 Å². The Morgan fingerprint density at radius 1 is 0.912 bits per heavy atom. The highest BCUT2D eigenvalue weighted by molar-refractivity contribution is 6.02. The van der Waals surface area contributed by atoms with Crippen molar-refractivity contribution in [3.63, 3.8) is 0 Å². The van der Waals surface area contributed by atoms with E-state index < -0.39 is 29.0 Å². The first-order chi connectivity index (χ1) is 15.8. The molecule has 0 amide bonds. The zero-order valence-electron chi connectivity index (χ0n) is 22.3. The third-order valence-corrected chi connectivity index (χ3v) is 8.85. The van der Waals surface area contributed by atoms with Crippen molar-refractivity contribution >= 4 is 11.6 Å². The fourth-order valence-corrected chi connectivity index (χ4v) is 6.89. The van der Waals surface area contributed by atoms with Gasteiger partial charge in [-0.2, -0.15) is 0 Å². The van der Waals surface area contributed by atoms with E-state index in [4.69, 9.17) is 0 Å². The summed E-state index contributed by atoms with van der Waals surface area (Å²) in [6, 6.07) is 0. The average molecular weight is 469 g/mol. The summed E-state index contributed by atoms with van der Waals surface area (Å²) in [6.07, 6.45) is 10.8. The first kappa shape index (κ1) is 26.8. The van der Waals surface area contributed by atoms with Gasteiger partial charge in [-0.05, 0) is 85.1 Å². The van der Waals surface area contributed by atoms with Crippen molar-refractivity contribution in [3.05, 3.63) is 46.6 Å². The monoisotopic (exact) mass is 468 g/mol. The second-order valence-corrected chi connectivity index (χ2v) is 11.8. The number of Topliss-reactive ketones (excluding diaryl/α,β-unsaturated/α-hetero) is 1. The van der Waals surface area contributed by atoms with E-state index in [1.165, 1.54) is 11.1 Å². The number of hydrogen-bond acceptors (Lipinski definition) is 4. The van der Waals surface area contributed by atoms with Gasteiger partial charge < -0.3 is 10.2 Å². The van der Waals surface area contributed by atoms with E-state index in [1.807, 2.05) is 61.5 Å². The Balaban J connectivity index is 2.07. The number of fused-ring (bicyclic) bond motifs is 1. The van der Waals surface area contributed by atoms with Gasteiger partial charge in [0.1, 0.15) is 11.2 Å². The van der Waals surface area contributed by atoms with E-state index in [-0.39, 0.29) is 29.3 Å². The predicted molar refractivity (Wildman–Crippen MR) is 137 cm³/mol. The summed E-state index contributed by atoms with van der Waals surface area (Å²) in [5, 5.41) is 24.3. The van der Waals surface area contributed by atoms with Gasteiger partial charge in [-0.1, -0.05) is 54.4 Å². The molecule has 4 aliphatic carbocycles. The standard InChI is InChI=1S/C30H44O4/c1-17(2)11-9-13-21(7)29(33)23-15-19(5)26(28(29)32)25-20(6)16-24(31)30(34,27(23)25)22(8)14-10-12-18(3)4/h11-12,15-16,21-23,25-27,33-34H,9-10,13-14H2,1-8H3/t21-,22-,23?,25?,26?,27?,29?,30+/m0/s1. The summed E-state index contributed by atoms with van der Waals surface area (Å²) in [7, 11) is 0. The molecule has 0 saturated heterocycles. The van der Waals surface area contributed by atoms with E-state index in [9.17, 15) is 19.8 Å². The SMILES string of the molecule is CC(C)=CCC[C@H](C)C1(O)C(=O)C2C(C)=CC1C1C2C(C)=CC(=O)[C@]1(O)[C@@H](C)CCC=C(C)C. The lowest BCUT2D eigenvalue weighted by Crippen LogP contribution is -2.71. The zero-order chi connectivity index (χ0) is 25.6. The Labute approximate surface area is 205 Å². The van der Waals surface area contributed by atoms with Crippen molar-refractivity contribution in [2.45, 2.75) is 92.3 Å². The lowest BCUT2D eigenvalue weighted by molar-refractivity contribution is -0.198. The number of aliphatic hydroxyl groups is 2. The highest BCUT2D eigenvalue weighted by atomic mass is 16.3. The van der Waals surface area contributed by atoms with E-state index in [0.29, 0.717) is 12.8 Å². The molecule has 2 bridgehead atoms. The number of carbonyl (C=O) groups excluding carboxylic acids is 2. The van der Waals surface area contributed by atoms with E-state index >= 15 is 0 Å². The Hall–Kier alpha value is -1.78. The average Bonchev–Trinajstić information content (AvgIpc) is 2.74. The van der Waals surface area contributed by atoms with Crippen LogP contribution < -0.4 is 0 Å². The first-order valence-corrected chi connectivity index (χ1v) is 12.9. The van der Waals surface area contributed by atoms with Crippen LogP contribution in [0.5, 0.6) is 0 Å². The van der Waals surface area contributed by atoms with Crippen molar-refractivity contribution in [1.29, 1.82) is 0 Å². The molecule has 8 atom stereocenters. The largest absolute Gasteiger partial charge is 0.381 e. The molecule has 4 nitrogen and oxygen atoms in total. The smallest absolute Gasteiger partial charge is 0.187 e. The van der Waals surface area contributed by atoms with Gasteiger partial charge in [0.05, 0.1) is 0 Å². The summed E-state index contributed by atoms with van der Waals surface area (Å²) in [5.74, 6) is -2.81. The molecule has 1 saturated carbocycles. The van der Waals surface area contributed by atoms with Crippen LogP contribution in [0.4, 0.5) is 0 Å². The Morgan fingerprint density at radius 3 is 1.91 bits per heavy atom. The van der Waals surface area contributed by atoms with Crippen LogP contribution in [0, 0.1) is 35.5 Å². The Bertz CT molecular complexity index is 958. The van der Waals surface area contributed by atoms with Gasteiger partial charge >= 0.3 is 0 Å². The molecule has 0 heterocycles. The third-order valence-electron chi connectivity index (χ3n) is 8.85. The predicted octanol–water partition coefficient (Wildman–Crippen LogP) is 5.75. The molecule has 4 heteroatoms. The molecule has 188 valence electrons. The molecular weight excluding hydrogens is 424 g/mol. The number of allylic oxidation sites excluding steroid dienone is 6. The number of hydrogen-bond donors (Lipinski definition) is 2. The molecule has 5 unspecified atom stereocenters. The quantitative estimate of drug-likeness (QED) is 0.445. The minimum absolute atomic E-state index is 0.134. The third kappa shape index (κ3) is 4.22. The van der Waals surface area contributed by atoms with Crippen molar-refractivity contribution in [1.82, 2.24) is 0 Å². The maximum atomic E-state index is 13.9. The second-order valence-electron chi connectivity index (χ2n) is 11.8. The molecule has 1 fully saturated rings. The highest BCUT2D eigenvalue weighted by Crippen LogP contribution is 2.61. The molecule has 0 aromatic rings. The van der Waals surface area contributed by atoms with Crippen molar-refractivity contribution < 1.29 is 19.8 Å². The molecule has 4 rings (SSSR count). The number of carbonyl (C=O) groups is 2. The van der Waals surface area contributed by atoms with Crippen LogP contribution in [-0.2, 0) is 9.59 Å². The van der Waals surface area contributed by atoms with Gasteiger partial charge in [-0.15, -0.1) is 0 Å². The number of rotatable bonds is 8. The minimum Gasteiger partial charge on any atom is -0.381 e. The van der Waals surface area contributed by atoms with E-state index in [0.717, 1.165) is 24.0 Å². The second kappa shape index (κ2) is 9.70. The Kier molecular flexibility index (Phi) is 7.65. The van der Waals surface area contributed by atoms with Gasteiger partial charge in [-0.3, -0.25) is 9.59 Å². The van der Waals surface area contributed by atoms with Crippen LogP contribution in [0.3, 0.4) is 0 Å². The van der Waals surface area contributed by atoms with E-state index in [2.05, 4.69) is 12.2 Å². The summed E-state index contributed by atoms with van der Waals surface area (Å²) >= 11 is 0. The van der Waals surface area contributed by atoms with Crippen molar-refractivity contribution in [2.75, 3.05) is 0 Å². The van der Waals surface area contributed by atoms with Crippen molar-refractivity contribution in [3.8, 4) is 0 Å². The van der Waals surface area contributed by atoms with E-state index in [1.54, 1.807) is 6.08 Å². The Morgan fingerprint density at radius 2 is 1.41 bits per heavy atom. The summed E-state index contributed by atoms with van der Waals surface area (Å²) in [5.41, 5.74) is 1.05. The summed E-state index contributed by atoms with van der Waals surface area (Å²) in [4.78, 5) is 27.3. The van der Waals surface area contributed by atoms with Gasteiger partial charge in [0.2, 0.25) is 0 Å². The number of ketones is 2. The van der Waals surface area contributed by atoms with Crippen LogP contribution in [0.1, 0.15) is 81.1 Å². The van der Waals surface area contributed by atoms with Crippen LogP contribution in [0.15, 0.2) is 46.6 Å². The molecule has 0 spiro atoms. The topological polar surface area (TPSA) is 74.6 Å². The lowest BCUT2D eigenvalue weighted by atomic mass is 9.43. The van der Waals surface area contributed by atoms with Crippen molar-refractivity contribution in [2.24, 2.45) is 35.5 Å². The van der Waals surface area contributed by atoms with Crippen LogP contribution in [-0.4, -0.2) is 33.0 Å². The molecule has 0 radical (unpaired) electrons. The molecule has 34 heavy (non-hydrogen) atoms. The maximum Gasteiger partial charge on any atom is 0.187 e. The van der Waals surface area contributed by atoms with Gasteiger partial charge in [-0.25, -0.2) is 0 Å². The van der Waals surface area contributed by atoms with Crippen LogP contribution in [0.25, 0.3) is 0 Å². The van der Waals surface area contributed by atoms with Gasteiger partial charge in [0.15, 0.2) is 11.6 Å². The highest BCUT2D eigenvalue weighted by Gasteiger charge is 2.69. The minimum atomic E-state index is -1.60. The normalized spacial score (nSPS) is 36.3. The van der Waals surface area contributed by atoms with Crippen LogP contribution in [0.2, 0.25) is 0 Å². The summed E-state index contributed by atoms with van der Waals surface area (Å²) < 4.78 is 0. The lowest BCUT2D eigenvalue weighted by Gasteiger charge is -2.61. The molecule has 4 aliphatic rings. The molecule has 0 aliphatic heterocycles. The van der Waals surface area contributed by atoms with Gasteiger partial charge in [0, 0.05) is 23.7 Å². The maximum absolute atomic E-state index is 13.9. The fourth-order valence-electron chi connectivity index (χ4n) is 6.89. The summed E-state index contributed by atoms with van der Waals surface area (Å²) in [6.45, 7) is 15.9. The zero-order valence-corrected chi connectivity index (χ0v) is 22.3. The fraction of sp³-hybridized carbons (Fsp3) is 0.667.